The van der Waals surface area contributed by atoms with Gasteiger partial charge in [0.2, 0.25) is 0 Å². The van der Waals surface area contributed by atoms with E-state index in [-0.39, 0.29) is 13.1 Å². The average molecular weight is 295 g/mol. The van der Waals surface area contributed by atoms with E-state index in [2.05, 4.69) is 32.9 Å². The molecule has 0 radical (unpaired) electrons. The zero-order chi connectivity index (χ0) is 16.3. The molecular formula is C17H29NO3. The van der Waals surface area contributed by atoms with Crippen LogP contribution in [-0.4, -0.2) is 34.4 Å². The van der Waals surface area contributed by atoms with Crippen molar-refractivity contribution in [2.75, 3.05) is 13.1 Å². The molecule has 120 valence electrons. The molecule has 0 aromatic carbocycles. The lowest BCUT2D eigenvalue weighted by Crippen LogP contribution is -2.26. The summed E-state index contributed by atoms with van der Waals surface area (Å²) >= 11 is 0. The lowest BCUT2D eigenvalue weighted by Gasteiger charge is -2.09. The van der Waals surface area contributed by atoms with Crippen molar-refractivity contribution in [3.63, 3.8) is 0 Å². The Morgan fingerprint density at radius 2 is 1.48 bits per heavy atom. The third-order valence-electron chi connectivity index (χ3n) is 3.09. The maximum Gasteiger partial charge on any atom is 0.320 e. The molecule has 4 heteroatoms. The Morgan fingerprint density at radius 3 is 2.00 bits per heavy atom. The summed E-state index contributed by atoms with van der Waals surface area (Å²) in [5.41, 5.74) is 3.92. The van der Waals surface area contributed by atoms with E-state index in [0.29, 0.717) is 0 Å². The zero-order valence-corrected chi connectivity index (χ0v) is 13.7. The Hall–Kier alpha value is -1.39. The van der Waals surface area contributed by atoms with Gasteiger partial charge in [-0.3, -0.25) is 4.79 Å². The van der Waals surface area contributed by atoms with Crippen molar-refractivity contribution in [3.05, 3.63) is 34.9 Å². The van der Waals surface area contributed by atoms with Crippen LogP contribution in [0.5, 0.6) is 0 Å². The van der Waals surface area contributed by atoms with Crippen LogP contribution in [0.2, 0.25) is 0 Å². The van der Waals surface area contributed by atoms with Gasteiger partial charge < -0.3 is 10.3 Å². The molecule has 0 aliphatic rings. The standard InChI is InChI=1S/C17H29NO3/c1-14(2)7-5-8-15(3)9-6-10-16(4)11-12-18(21)13-17(19)20/h7,9,11,21H,5-6,8,10,12-13H2,1-4H3,(H,19,20)/b15-9+,16-11+. The lowest BCUT2D eigenvalue weighted by atomic mass is 10.1. The van der Waals surface area contributed by atoms with Gasteiger partial charge in [0.15, 0.2) is 0 Å². The first-order chi connectivity index (χ1) is 9.81. The number of hydroxylamine groups is 2. The number of aliphatic carboxylic acids is 1. The second-order valence-electron chi connectivity index (χ2n) is 5.70. The van der Waals surface area contributed by atoms with Crippen molar-refractivity contribution in [1.29, 1.82) is 0 Å². The third kappa shape index (κ3) is 13.4. The summed E-state index contributed by atoms with van der Waals surface area (Å²) in [4.78, 5) is 10.4. The second-order valence-corrected chi connectivity index (χ2v) is 5.70. The second kappa shape index (κ2) is 11.3. The Balaban J connectivity index is 3.98. The Morgan fingerprint density at radius 1 is 0.952 bits per heavy atom. The highest BCUT2D eigenvalue weighted by atomic mass is 16.5. The van der Waals surface area contributed by atoms with E-state index in [1.54, 1.807) is 0 Å². The number of hydrogen-bond acceptors (Lipinski definition) is 3. The van der Waals surface area contributed by atoms with E-state index in [9.17, 15) is 10.0 Å². The minimum Gasteiger partial charge on any atom is -0.480 e. The van der Waals surface area contributed by atoms with Crippen molar-refractivity contribution in [3.8, 4) is 0 Å². The largest absolute Gasteiger partial charge is 0.480 e. The fraction of sp³-hybridized carbons (Fsp3) is 0.588. The van der Waals surface area contributed by atoms with Crippen molar-refractivity contribution in [2.24, 2.45) is 0 Å². The number of allylic oxidation sites excluding steroid dienone is 5. The first-order valence-electron chi connectivity index (χ1n) is 7.41. The summed E-state index contributed by atoms with van der Waals surface area (Å²) < 4.78 is 0. The van der Waals surface area contributed by atoms with E-state index in [4.69, 9.17) is 5.11 Å². The molecule has 0 amide bonds. The van der Waals surface area contributed by atoms with E-state index in [0.717, 1.165) is 36.3 Å². The van der Waals surface area contributed by atoms with Crippen LogP contribution in [0, 0.1) is 0 Å². The van der Waals surface area contributed by atoms with Gasteiger partial charge >= 0.3 is 5.97 Å². The van der Waals surface area contributed by atoms with Gasteiger partial charge in [0.05, 0.1) is 0 Å². The molecule has 0 aromatic heterocycles. The van der Waals surface area contributed by atoms with Gasteiger partial charge in [-0.15, -0.1) is 0 Å². The molecule has 2 N–H and O–H groups in total. The number of carboxylic acids is 1. The van der Waals surface area contributed by atoms with Crippen molar-refractivity contribution >= 4 is 5.97 Å². The van der Waals surface area contributed by atoms with Crippen LogP contribution in [0.3, 0.4) is 0 Å². The molecule has 0 aliphatic heterocycles. The Kier molecular flexibility index (Phi) is 10.5. The van der Waals surface area contributed by atoms with Crippen LogP contribution in [-0.2, 0) is 4.79 Å². The van der Waals surface area contributed by atoms with Crippen molar-refractivity contribution in [1.82, 2.24) is 5.06 Å². The van der Waals surface area contributed by atoms with Crippen LogP contribution in [0.25, 0.3) is 0 Å². The number of rotatable bonds is 10. The number of carbonyl (C=O) groups is 1. The fourth-order valence-electron chi connectivity index (χ4n) is 1.82. The number of nitrogens with zero attached hydrogens (tertiary/aromatic N) is 1. The zero-order valence-electron chi connectivity index (χ0n) is 13.7. The van der Waals surface area contributed by atoms with E-state index < -0.39 is 5.97 Å². The van der Waals surface area contributed by atoms with E-state index >= 15 is 0 Å². The Bertz CT molecular complexity index is 404. The molecule has 0 aromatic rings. The average Bonchev–Trinajstić information content (AvgIpc) is 2.35. The molecule has 4 nitrogen and oxygen atoms in total. The number of carboxylic acid groups (broad SMARTS) is 1. The van der Waals surface area contributed by atoms with Crippen LogP contribution in [0.1, 0.15) is 53.4 Å². The molecule has 0 saturated heterocycles. The van der Waals surface area contributed by atoms with Crippen molar-refractivity contribution < 1.29 is 15.1 Å². The molecule has 0 unspecified atom stereocenters. The smallest absolute Gasteiger partial charge is 0.320 e. The summed E-state index contributed by atoms with van der Waals surface area (Å²) in [5, 5.41) is 18.6. The summed E-state index contributed by atoms with van der Waals surface area (Å²) in [6, 6.07) is 0. The molecule has 0 heterocycles. The van der Waals surface area contributed by atoms with Gasteiger partial charge in [0.25, 0.3) is 0 Å². The summed E-state index contributed by atoms with van der Waals surface area (Å²) in [6.45, 7) is 8.28. The Labute approximate surface area is 128 Å². The minimum absolute atomic E-state index is 0.251. The molecule has 0 spiro atoms. The molecule has 0 aliphatic carbocycles. The van der Waals surface area contributed by atoms with Gasteiger partial charge in [-0.05, 0) is 53.4 Å². The van der Waals surface area contributed by atoms with Gasteiger partial charge in [-0.1, -0.05) is 34.9 Å². The van der Waals surface area contributed by atoms with Crippen LogP contribution >= 0.6 is 0 Å². The van der Waals surface area contributed by atoms with E-state index in [1.807, 2.05) is 13.0 Å². The van der Waals surface area contributed by atoms with Crippen molar-refractivity contribution in [2.45, 2.75) is 53.4 Å². The normalized spacial score (nSPS) is 12.7. The van der Waals surface area contributed by atoms with Gasteiger partial charge in [-0.25, -0.2) is 0 Å². The highest BCUT2D eigenvalue weighted by Crippen LogP contribution is 2.11. The topological polar surface area (TPSA) is 60.8 Å². The van der Waals surface area contributed by atoms with Crippen LogP contribution in [0.15, 0.2) is 34.9 Å². The van der Waals surface area contributed by atoms with E-state index in [1.165, 1.54) is 11.1 Å². The molecule has 0 rings (SSSR count). The molecule has 0 atom stereocenters. The maximum atomic E-state index is 10.4. The van der Waals surface area contributed by atoms with Gasteiger partial charge in [-0.2, -0.15) is 5.06 Å². The summed E-state index contributed by atoms with van der Waals surface area (Å²) in [5.74, 6) is -1.03. The predicted octanol–water partition coefficient (Wildman–Crippen LogP) is 4.18. The monoisotopic (exact) mass is 295 g/mol. The summed E-state index contributed by atoms with van der Waals surface area (Å²) in [6.07, 6.45) is 10.5. The SMILES string of the molecule is CC(C)=CCC/C(C)=C/CC/C(C)=C/CN(O)CC(=O)O. The summed E-state index contributed by atoms with van der Waals surface area (Å²) in [7, 11) is 0. The molecule has 0 bridgehead atoms. The highest BCUT2D eigenvalue weighted by molar-refractivity contribution is 5.68. The van der Waals surface area contributed by atoms with Gasteiger partial charge in [0, 0.05) is 6.54 Å². The minimum atomic E-state index is -1.03. The maximum absolute atomic E-state index is 10.4. The third-order valence-corrected chi connectivity index (χ3v) is 3.09. The molecule has 0 fully saturated rings. The van der Waals surface area contributed by atoms with Crippen LogP contribution < -0.4 is 0 Å². The highest BCUT2D eigenvalue weighted by Gasteiger charge is 2.03. The molecule has 21 heavy (non-hydrogen) atoms. The quantitative estimate of drug-likeness (QED) is 0.469. The van der Waals surface area contributed by atoms with Crippen LogP contribution in [0.4, 0.5) is 0 Å². The molecular weight excluding hydrogens is 266 g/mol. The fourth-order valence-corrected chi connectivity index (χ4v) is 1.82. The van der Waals surface area contributed by atoms with Gasteiger partial charge in [0.1, 0.15) is 6.54 Å². The first kappa shape index (κ1) is 19.6. The first-order valence-corrected chi connectivity index (χ1v) is 7.41. The number of hydrogen-bond donors (Lipinski definition) is 2. The predicted molar refractivity (Wildman–Crippen MR) is 86.4 cm³/mol. The lowest BCUT2D eigenvalue weighted by molar-refractivity contribution is -0.151. The molecule has 0 saturated carbocycles.